The van der Waals surface area contributed by atoms with Crippen molar-refractivity contribution in [2.24, 2.45) is 5.41 Å². The number of thioether (sulfide) groups is 1. The monoisotopic (exact) mass is 569 g/mol. The zero-order valence-electron chi connectivity index (χ0n) is 22.9. The Bertz CT molecular complexity index is 1740. The Kier molecular flexibility index (Phi) is 7.05. The molecule has 1 aliphatic heterocycles. The van der Waals surface area contributed by atoms with Gasteiger partial charge < -0.3 is 14.4 Å². The zero-order chi connectivity index (χ0) is 28.0. The number of hydrogen-bond donors (Lipinski definition) is 1. The highest BCUT2D eigenvalue weighted by atomic mass is 35.5. The Hall–Kier alpha value is -3.41. The lowest BCUT2D eigenvalue weighted by Crippen LogP contribution is -2.28. The van der Waals surface area contributed by atoms with E-state index in [0.717, 1.165) is 34.5 Å². The van der Waals surface area contributed by atoms with Crippen LogP contribution in [0.2, 0.25) is 5.02 Å². The number of ether oxygens (including phenoxy) is 1. The number of benzene rings is 4. The molecule has 1 N–H and O–H groups in total. The molecule has 0 spiro atoms. The number of halogens is 1. The zero-order valence-corrected chi connectivity index (χ0v) is 24.5. The lowest BCUT2D eigenvalue weighted by Gasteiger charge is -2.24. The molecule has 6 rings (SSSR count). The molecule has 0 bridgehead atoms. The van der Waals surface area contributed by atoms with Crippen molar-refractivity contribution in [1.82, 2.24) is 4.57 Å². The predicted molar refractivity (Wildman–Crippen MR) is 165 cm³/mol. The van der Waals surface area contributed by atoms with Crippen LogP contribution >= 0.6 is 23.4 Å². The molecular formula is C34H32ClNO3S. The van der Waals surface area contributed by atoms with Gasteiger partial charge in [-0.25, -0.2) is 0 Å². The van der Waals surface area contributed by atoms with E-state index in [2.05, 4.69) is 66.1 Å². The molecule has 0 aliphatic carbocycles. The fraction of sp³-hybridized carbons (Fsp3) is 0.265. The third kappa shape index (κ3) is 5.09. The molecule has 0 fully saturated rings. The first kappa shape index (κ1) is 26.8. The van der Waals surface area contributed by atoms with Crippen LogP contribution in [0, 0.1) is 5.41 Å². The second-order valence-electron chi connectivity index (χ2n) is 11.4. The number of aromatic nitrogens is 1. The van der Waals surface area contributed by atoms with E-state index in [1.807, 2.05) is 49.9 Å². The molecule has 0 saturated carbocycles. The summed E-state index contributed by atoms with van der Waals surface area (Å²) < 4.78 is 8.81. The number of hydrogen-bond acceptors (Lipinski definition) is 3. The fourth-order valence-electron chi connectivity index (χ4n) is 5.61. The largest absolute Gasteiger partial charge is 0.489 e. The van der Waals surface area contributed by atoms with Crippen molar-refractivity contribution in [1.29, 1.82) is 0 Å². The van der Waals surface area contributed by atoms with Gasteiger partial charge in [0.15, 0.2) is 0 Å². The smallest absolute Gasteiger partial charge is 0.309 e. The number of rotatable bonds is 8. The third-order valence-electron chi connectivity index (χ3n) is 7.81. The van der Waals surface area contributed by atoms with E-state index in [4.69, 9.17) is 16.3 Å². The van der Waals surface area contributed by atoms with Gasteiger partial charge in [-0.15, -0.1) is 11.8 Å². The molecule has 1 unspecified atom stereocenters. The van der Waals surface area contributed by atoms with Crippen LogP contribution < -0.4 is 4.74 Å². The Morgan fingerprint density at radius 1 is 1.02 bits per heavy atom. The molecule has 0 radical (unpaired) electrons. The van der Waals surface area contributed by atoms with E-state index in [1.54, 1.807) is 0 Å². The summed E-state index contributed by atoms with van der Waals surface area (Å²) in [4.78, 5) is 13.4. The third-order valence-corrected chi connectivity index (χ3v) is 9.31. The number of aliphatic carboxylic acids is 1. The molecule has 2 heterocycles. The Balaban J connectivity index is 1.44. The normalized spacial score (nSPS) is 15.1. The van der Waals surface area contributed by atoms with Crippen molar-refractivity contribution in [3.8, 4) is 5.75 Å². The topological polar surface area (TPSA) is 51.5 Å². The van der Waals surface area contributed by atoms with E-state index >= 15 is 0 Å². The lowest BCUT2D eigenvalue weighted by atomic mass is 9.87. The highest BCUT2D eigenvalue weighted by Crippen LogP contribution is 2.48. The highest BCUT2D eigenvalue weighted by molar-refractivity contribution is 8.00. The van der Waals surface area contributed by atoms with Gasteiger partial charge in [0.2, 0.25) is 0 Å². The Morgan fingerprint density at radius 2 is 1.75 bits per heavy atom. The molecule has 0 saturated heterocycles. The van der Waals surface area contributed by atoms with Crippen molar-refractivity contribution in [3.63, 3.8) is 0 Å². The number of carbonyl (C=O) groups is 1. The average molecular weight is 570 g/mol. The first-order chi connectivity index (χ1) is 19.2. The summed E-state index contributed by atoms with van der Waals surface area (Å²) in [6, 6.07) is 27.0. The van der Waals surface area contributed by atoms with Gasteiger partial charge >= 0.3 is 5.97 Å². The van der Waals surface area contributed by atoms with Crippen LogP contribution in [-0.2, 0) is 30.8 Å². The minimum atomic E-state index is -0.903. The summed E-state index contributed by atoms with van der Waals surface area (Å²) in [5.41, 5.74) is 4.75. The SMILES string of the molecule is CC1Cc2c(OCc3ccc4ccccc4c3)ccc3c2c(c(CC(C)(C)C(=O)O)n3Cc2ccc(Cl)cc2)S1. The molecular weight excluding hydrogens is 538 g/mol. The average Bonchev–Trinajstić information content (AvgIpc) is 3.21. The Morgan fingerprint density at radius 3 is 2.50 bits per heavy atom. The van der Waals surface area contributed by atoms with Crippen LogP contribution in [0.5, 0.6) is 5.75 Å². The van der Waals surface area contributed by atoms with Gasteiger partial charge in [0.05, 0.1) is 10.9 Å². The molecule has 6 heteroatoms. The van der Waals surface area contributed by atoms with Crippen LogP contribution in [0.15, 0.2) is 83.8 Å². The first-order valence-electron chi connectivity index (χ1n) is 13.6. The minimum absolute atomic E-state index is 0.346. The maximum atomic E-state index is 12.2. The summed E-state index contributed by atoms with van der Waals surface area (Å²) >= 11 is 8.02. The van der Waals surface area contributed by atoms with E-state index in [1.165, 1.54) is 26.6 Å². The minimum Gasteiger partial charge on any atom is -0.489 e. The molecule has 204 valence electrons. The highest BCUT2D eigenvalue weighted by Gasteiger charge is 2.34. The number of carboxylic acid groups (broad SMARTS) is 1. The van der Waals surface area contributed by atoms with Gasteiger partial charge in [-0.1, -0.05) is 67.1 Å². The van der Waals surface area contributed by atoms with Gasteiger partial charge in [0.25, 0.3) is 0 Å². The summed E-state index contributed by atoms with van der Waals surface area (Å²) in [6.45, 7) is 6.99. The van der Waals surface area contributed by atoms with Crippen LogP contribution in [0.1, 0.15) is 43.2 Å². The van der Waals surface area contributed by atoms with Gasteiger partial charge in [0.1, 0.15) is 12.4 Å². The van der Waals surface area contributed by atoms with E-state index < -0.39 is 11.4 Å². The maximum Gasteiger partial charge on any atom is 0.309 e. The number of fused-ring (bicyclic) bond motifs is 1. The van der Waals surface area contributed by atoms with E-state index in [0.29, 0.717) is 29.8 Å². The number of carboxylic acids is 1. The molecule has 1 atom stereocenters. The van der Waals surface area contributed by atoms with Crippen molar-refractivity contribution >= 4 is 51.0 Å². The summed E-state index contributed by atoms with van der Waals surface area (Å²) in [5.74, 6) is 0.109. The van der Waals surface area contributed by atoms with Gasteiger partial charge in [-0.3, -0.25) is 4.79 Å². The predicted octanol–water partition coefficient (Wildman–Crippen LogP) is 8.77. The molecule has 4 nitrogen and oxygen atoms in total. The van der Waals surface area contributed by atoms with Gasteiger partial charge in [0, 0.05) is 44.8 Å². The van der Waals surface area contributed by atoms with Crippen LogP contribution in [-0.4, -0.2) is 20.9 Å². The lowest BCUT2D eigenvalue weighted by molar-refractivity contribution is -0.146. The second-order valence-corrected chi connectivity index (χ2v) is 13.3. The standard InChI is InChI=1S/C34H32ClNO3S/c1-21-16-27-30(39-20-23-8-11-24-6-4-5-7-25(24)17-23)15-14-28-31(27)32(40-21)29(18-34(2,3)33(37)38)36(28)19-22-9-12-26(35)13-10-22/h4-15,17,21H,16,18-20H2,1-3H3,(H,37,38). The molecule has 5 aromatic rings. The molecule has 0 amide bonds. The maximum absolute atomic E-state index is 12.2. The van der Waals surface area contributed by atoms with Gasteiger partial charge in [-0.05, 0) is 72.5 Å². The second kappa shape index (κ2) is 10.5. The van der Waals surface area contributed by atoms with E-state index in [9.17, 15) is 9.90 Å². The van der Waals surface area contributed by atoms with Crippen molar-refractivity contribution in [2.45, 2.75) is 56.9 Å². The quantitative estimate of drug-likeness (QED) is 0.203. The van der Waals surface area contributed by atoms with Crippen LogP contribution in [0.25, 0.3) is 21.7 Å². The molecule has 40 heavy (non-hydrogen) atoms. The number of nitrogens with zero attached hydrogens (tertiary/aromatic N) is 1. The van der Waals surface area contributed by atoms with E-state index in [-0.39, 0.29) is 0 Å². The summed E-state index contributed by atoms with van der Waals surface area (Å²) in [5, 5.41) is 14.7. The fourth-order valence-corrected chi connectivity index (χ4v) is 7.06. The molecule has 1 aliphatic rings. The van der Waals surface area contributed by atoms with Crippen LogP contribution in [0.4, 0.5) is 0 Å². The Labute approximate surface area is 243 Å². The summed E-state index contributed by atoms with van der Waals surface area (Å²) in [6.07, 6.45) is 1.33. The molecule has 4 aromatic carbocycles. The van der Waals surface area contributed by atoms with Crippen molar-refractivity contribution in [2.75, 3.05) is 0 Å². The molecule has 1 aromatic heterocycles. The first-order valence-corrected chi connectivity index (χ1v) is 14.9. The van der Waals surface area contributed by atoms with Gasteiger partial charge in [-0.2, -0.15) is 0 Å². The summed E-state index contributed by atoms with van der Waals surface area (Å²) in [7, 11) is 0. The van der Waals surface area contributed by atoms with Crippen molar-refractivity contribution in [3.05, 3.63) is 106 Å². The van der Waals surface area contributed by atoms with Crippen LogP contribution in [0.3, 0.4) is 0 Å². The van der Waals surface area contributed by atoms with Crippen molar-refractivity contribution < 1.29 is 14.6 Å².